The summed E-state index contributed by atoms with van der Waals surface area (Å²) in [6, 6.07) is 8.52. The van der Waals surface area contributed by atoms with E-state index in [0.29, 0.717) is 5.96 Å². The van der Waals surface area contributed by atoms with Gasteiger partial charge in [0.1, 0.15) is 5.75 Å². The molecule has 1 aromatic rings. The summed E-state index contributed by atoms with van der Waals surface area (Å²) in [5, 5.41) is 0. The molecule has 1 aliphatic carbocycles. The number of nitrogens with zero attached hydrogens (tertiary/aromatic N) is 2. The van der Waals surface area contributed by atoms with Crippen LogP contribution in [0.15, 0.2) is 29.3 Å². The van der Waals surface area contributed by atoms with Crippen molar-refractivity contribution in [2.75, 3.05) is 26.7 Å². The molecule has 0 radical (unpaired) electrons. The van der Waals surface area contributed by atoms with Crippen LogP contribution < -0.4 is 10.5 Å². The molecule has 24 heavy (non-hydrogen) atoms. The Morgan fingerprint density at radius 1 is 1.12 bits per heavy atom. The minimum absolute atomic E-state index is 0. The second-order valence-electron chi connectivity index (χ2n) is 6.42. The summed E-state index contributed by atoms with van der Waals surface area (Å²) >= 11 is 0. The maximum atomic E-state index is 6.19. The van der Waals surface area contributed by atoms with Crippen LogP contribution in [0.25, 0.3) is 0 Å². The number of benzene rings is 1. The third kappa shape index (κ3) is 5.01. The molecule has 0 saturated heterocycles. The normalized spacial score (nSPS) is 17.0. The molecule has 2 rings (SSSR count). The van der Waals surface area contributed by atoms with Crippen LogP contribution in [0.5, 0.6) is 5.75 Å². The Balaban J connectivity index is 0.00000288. The third-order valence-electron chi connectivity index (χ3n) is 5.14. The molecule has 5 heteroatoms. The molecule has 0 bridgehead atoms. The summed E-state index contributed by atoms with van der Waals surface area (Å²) in [7, 11) is 1.71. The van der Waals surface area contributed by atoms with Gasteiger partial charge in [0.2, 0.25) is 0 Å². The van der Waals surface area contributed by atoms with Crippen LogP contribution in [0.3, 0.4) is 0 Å². The van der Waals surface area contributed by atoms with E-state index in [-0.39, 0.29) is 29.4 Å². The lowest BCUT2D eigenvalue weighted by Gasteiger charge is -2.37. The maximum Gasteiger partial charge on any atom is 0.191 e. The van der Waals surface area contributed by atoms with Crippen LogP contribution in [-0.4, -0.2) is 37.6 Å². The minimum Gasteiger partial charge on any atom is -0.497 e. The van der Waals surface area contributed by atoms with Gasteiger partial charge in [0.05, 0.1) is 13.7 Å². The molecule has 0 heterocycles. The van der Waals surface area contributed by atoms with Gasteiger partial charge >= 0.3 is 0 Å². The van der Waals surface area contributed by atoms with Crippen LogP contribution >= 0.6 is 24.0 Å². The molecule has 0 atom stereocenters. The van der Waals surface area contributed by atoms with Crippen molar-refractivity contribution < 1.29 is 4.74 Å². The summed E-state index contributed by atoms with van der Waals surface area (Å²) in [5.41, 5.74) is 7.69. The Kier molecular flexibility index (Phi) is 8.87. The number of hydrogen-bond donors (Lipinski definition) is 1. The molecule has 0 unspecified atom stereocenters. The Morgan fingerprint density at radius 2 is 1.71 bits per heavy atom. The van der Waals surface area contributed by atoms with Crippen LogP contribution in [0.2, 0.25) is 0 Å². The van der Waals surface area contributed by atoms with Crippen molar-refractivity contribution in [3.63, 3.8) is 0 Å². The average molecular weight is 445 g/mol. The molecule has 0 aromatic heterocycles. The highest BCUT2D eigenvalue weighted by molar-refractivity contribution is 14.0. The van der Waals surface area contributed by atoms with Crippen molar-refractivity contribution in [3.05, 3.63) is 29.8 Å². The van der Waals surface area contributed by atoms with Gasteiger partial charge in [-0.25, -0.2) is 0 Å². The fourth-order valence-electron chi connectivity index (χ4n) is 3.59. The molecule has 1 aromatic carbocycles. The smallest absolute Gasteiger partial charge is 0.191 e. The van der Waals surface area contributed by atoms with Gasteiger partial charge in [0.25, 0.3) is 0 Å². The van der Waals surface area contributed by atoms with Gasteiger partial charge in [-0.2, -0.15) is 0 Å². The molecular formula is C19H32IN3O. The summed E-state index contributed by atoms with van der Waals surface area (Å²) in [4.78, 5) is 6.89. The van der Waals surface area contributed by atoms with Gasteiger partial charge < -0.3 is 15.4 Å². The van der Waals surface area contributed by atoms with Crippen molar-refractivity contribution in [1.82, 2.24) is 4.90 Å². The molecule has 0 spiro atoms. The van der Waals surface area contributed by atoms with E-state index in [2.05, 4.69) is 43.0 Å². The molecule has 1 aliphatic rings. The predicted octanol–water partition coefficient (Wildman–Crippen LogP) is 4.17. The monoisotopic (exact) mass is 445 g/mol. The first-order valence-electron chi connectivity index (χ1n) is 8.84. The molecular weight excluding hydrogens is 413 g/mol. The third-order valence-corrected chi connectivity index (χ3v) is 5.14. The summed E-state index contributed by atoms with van der Waals surface area (Å²) in [6.07, 6.45) is 6.25. The van der Waals surface area contributed by atoms with Gasteiger partial charge in [0, 0.05) is 18.5 Å². The lowest BCUT2D eigenvalue weighted by Crippen LogP contribution is -2.39. The summed E-state index contributed by atoms with van der Waals surface area (Å²) in [6.45, 7) is 6.82. The minimum atomic E-state index is 0. The van der Waals surface area contributed by atoms with Crippen molar-refractivity contribution in [2.45, 2.75) is 51.4 Å². The average Bonchev–Trinajstić information content (AvgIpc) is 2.62. The van der Waals surface area contributed by atoms with E-state index in [1.54, 1.807) is 7.11 Å². The topological polar surface area (TPSA) is 50.8 Å². The highest BCUT2D eigenvalue weighted by Crippen LogP contribution is 2.40. The van der Waals surface area contributed by atoms with Crippen molar-refractivity contribution in [1.29, 1.82) is 0 Å². The first kappa shape index (κ1) is 21.1. The van der Waals surface area contributed by atoms with E-state index in [9.17, 15) is 0 Å². The fraction of sp³-hybridized carbons (Fsp3) is 0.632. The number of ether oxygens (including phenoxy) is 1. The number of rotatable bonds is 6. The zero-order chi connectivity index (χ0) is 16.7. The molecule has 136 valence electrons. The van der Waals surface area contributed by atoms with E-state index >= 15 is 0 Å². The van der Waals surface area contributed by atoms with Crippen molar-refractivity contribution in [3.8, 4) is 5.75 Å². The van der Waals surface area contributed by atoms with Gasteiger partial charge in [-0.3, -0.25) is 4.99 Å². The van der Waals surface area contributed by atoms with E-state index in [1.165, 1.54) is 37.7 Å². The van der Waals surface area contributed by atoms with Crippen molar-refractivity contribution in [2.24, 2.45) is 10.7 Å². The highest BCUT2D eigenvalue weighted by Gasteiger charge is 2.33. The van der Waals surface area contributed by atoms with Gasteiger partial charge in [-0.1, -0.05) is 31.4 Å². The lowest BCUT2D eigenvalue weighted by atomic mass is 9.69. The summed E-state index contributed by atoms with van der Waals surface area (Å²) < 4.78 is 5.29. The second kappa shape index (κ2) is 10.1. The molecule has 1 fully saturated rings. The maximum absolute atomic E-state index is 6.19. The predicted molar refractivity (Wildman–Crippen MR) is 113 cm³/mol. The standard InChI is InChI=1S/C19H31N3O.HI/c1-4-22(5-2)18(20)21-15-19(13-7-6-8-14-19)16-9-11-17(23-3)12-10-16;/h9-12H,4-8,13-15H2,1-3H3,(H2,20,21);1H. The van der Waals surface area contributed by atoms with Gasteiger partial charge in [0.15, 0.2) is 5.96 Å². The quantitative estimate of drug-likeness (QED) is 0.406. The van der Waals surface area contributed by atoms with Crippen LogP contribution in [0.1, 0.15) is 51.5 Å². The molecule has 4 nitrogen and oxygen atoms in total. The van der Waals surface area contributed by atoms with Crippen molar-refractivity contribution >= 4 is 29.9 Å². The molecule has 2 N–H and O–H groups in total. The Morgan fingerprint density at radius 3 is 2.21 bits per heavy atom. The Bertz CT molecular complexity index is 506. The van der Waals surface area contributed by atoms with Crippen LogP contribution in [-0.2, 0) is 5.41 Å². The second-order valence-corrected chi connectivity index (χ2v) is 6.42. The largest absolute Gasteiger partial charge is 0.497 e. The number of methoxy groups -OCH3 is 1. The fourth-order valence-corrected chi connectivity index (χ4v) is 3.59. The Labute approximate surface area is 163 Å². The van der Waals surface area contributed by atoms with E-state index in [0.717, 1.165) is 25.4 Å². The molecule has 0 aliphatic heterocycles. The van der Waals surface area contributed by atoms with E-state index < -0.39 is 0 Å². The number of guanidine groups is 1. The number of hydrogen-bond acceptors (Lipinski definition) is 2. The first-order valence-corrected chi connectivity index (χ1v) is 8.84. The van der Waals surface area contributed by atoms with Gasteiger partial charge in [-0.05, 0) is 44.4 Å². The number of aliphatic imine (C=N–C) groups is 1. The number of nitrogens with two attached hydrogens (primary N) is 1. The zero-order valence-electron chi connectivity index (χ0n) is 15.3. The SMILES string of the molecule is CCN(CC)C(N)=NCC1(c2ccc(OC)cc2)CCCCC1.I. The van der Waals surface area contributed by atoms with E-state index in [4.69, 9.17) is 15.5 Å². The molecule has 1 saturated carbocycles. The molecule has 0 amide bonds. The van der Waals surface area contributed by atoms with Crippen LogP contribution in [0, 0.1) is 0 Å². The zero-order valence-corrected chi connectivity index (χ0v) is 17.6. The first-order chi connectivity index (χ1) is 11.1. The summed E-state index contributed by atoms with van der Waals surface area (Å²) in [5.74, 6) is 1.58. The lowest BCUT2D eigenvalue weighted by molar-refractivity contribution is 0.299. The van der Waals surface area contributed by atoms with Crippen LogP contribution in [0.4, 0.5) is 0 Å². The number of halogens is 1. The van der Waals surface area contributed by atoms with E-state index in [1.807, 2.05) is 0 Å². The Hall–Kier alpha value is -0.980. The van der Waals surface area contributed by atoms with Gasteiger partial charge in [-0.15, -0.1) is 24.0 Å². The highest BCUT2D eigenvalue weighted by atomic mass is 127.